The molecule has 1 aromatic carbocycles. The molecule has 2 atom stereocenters. The van der Waals surface area contributed by atoms with Gasteiger partial charge in [0.2, 0.25) is 10.0 Å². The van der Waals surface area contributed by atoms with Gasteiger partial charge in [0.05, 0.1) is 5.02 Å². The van der Waals surface area contributed by atoms with Crippen molar-refractivity contribution >= 4 is 49.2 Å². The smallest absolute Gasteiger partial charge is 0.208 e. The standard InChI is InChI=1S/C11H14BrCl2NO2S/c1-7(6-13)8(2)15-18(16,17)11-4-3-9(12)5-10(11)14/h3-5,7-8,15H,6H2,1-2H3. The summed E-state index contributed by atoms with van der Waals surface area (Å²) in [6.45, 7) is 3.65. The normalized spacial score (nSPS) is 15.4. The van der Waals surface area contributed by atoms with E-state index in [1.165, 1.54) is 6.07 Å². The fourth-order valence-electron chi connectivity index (χ4n) is 1.25. The van der Waals surface area contributed by atoms with Crippen molar-refractivity contribution < 1.29 is 8.42 Å². The van der Waals surface area contributed by atoms with E-state index in [0.717, 1.165) is 4.47 Å². The number of benzene rings is 1. The Bertz CT molecular complexity index is 522. The molecule has 102 valence electrons. The van der Waals surface area contributed by atoms with Gasteiger partial charge in [0.25, 0.3) is 0 Å². The highest BCUT2D eigenvalue weighted by Crippen LogP contribution is 2.25. The Labute approximate surface area is 126 Å². The van der Waals surface area contributed by atoms with Crippen molar-refractivity contribution in [2.45, 2.75) is 24.8 Å². The quantitative estimate of drug-likeness (QED) is 0.799. The molecule has 18 heavy (non-hydrogen) atoms. The topological polar surface area (TPSA) is 46.2 Å². The Morgan fingerprint density at radius 2 is 2.00 bits per heavy atom. The fourth-order valence-corrected chi connectivity index (χ4v) is 3.91. The van der Waals surface area contributed by atoms with Crippen LogP contribution in [0.5, 0.6) is 0 Å². The van der Waals surface area contributed by atoms with Gasteiger partial charge in [-0.15, -0.1) is 11.6 Å². The molecule has 1 rings (SSSR count). The van der Waals surface area contributed by atoms with Gasteiger partial charge in [-0.25, -0.2) is 13.1 Å². The van der Waals surface area contributed by atoms with Gasteiger partial charge in [-0.05, 0) is 31.0 Å². The lowest BCUT2D eigenvalue weighted by Gasteiger charge is -2.19. The van der Waals surface area contributed by atoms with E-state index in [9.17, 15) is 8.42 Å². The summed E-state index contributed by atoms with van der Waals surface area (Å²) in [5, 5.41) is 0.183. The number of halogens is 3. The average molecular weight is 375 g/mol. The first-order valence-corrected chi connectivity index (χ1v) is 8.50. The summed E-state index contributed by atoms with van der Waals surface area (Å²) in [5.41, 5.74) is 0. The van der Waals surface area contributed by atoms with Crippen LogP contribution in [0.1, 0.15) is 13.8 Å². The molecular formula is C11H14BrCl2NO2S. The van der Waals surface area contributed by atoms with E-state index in [1.54, 1.807) is 19.1 Å². The molecule has 0 aliphatic carbocycles. The Kier molecular flexibility index (Phi) is 5.93. The third-order valence-electron chi connectivity index (χ3n) is 2.62. The van der Waals surface area contributed by atoms with Crippen molar-refractivity contribution in [3.8, 4) is 0 Å². The van der Waals surface area contributed by atoms with Crippen molar-refractivity contribution in [3.05, 3.63) is 27.7 Å². The van der Waals surface area contributed by atoms with Crippen LogP contribution in [0.4, 0.5) is 0 Å². The molecule has 3 nitrogen and oxygen atoms in total. The first kappa shape index (κ1) is 16.2. The summed E-state index contributed by atoms with van der Waals surface area (Å²) in [5.74, 6) is 0.424. The van der Waals surface area contributed by atoms with Crippen LogP contribution in [-0.4, -0.2) is 20.3 Å². The molecule has 0 aromatic heterocycles. The maximum Gasteiger partial charge on any atom is 0.242 e. The predicted octanol–water partition coefficient (Wildman–Crippen LogP) is 3.64. The lowest BCUT2D eigenvalue weighted by atomic mass is 10.1. The van der Waals surface area contributed by atoms with E-state index >= 15 is 0 Å². The highest BCUT2D eigenvalue weighted by Gasteiger charge is 2.22. The van der Waals surface area contributed by atoms with Gasteiger partial charge in [-0.1, -0.05) is 34.5 Å². The molecule has 0 fully saturated rings. The molecule has 0 heterocycles. The maximum atomic E-state index is 12.1. The van der Waals surface area contributed by atoms with E-state index in [1.807, 2.05) is 6.92 Å². The van der Waals surface area contributed by atoms with Crippen molar-refractivity contribution in [2.24, 2.45) is 5.92 Å². The molecule has 0 saturated heterocycles. The van der Waals surface area contributed by atoms with Gasteiger partial charge in [-0.3, -0.25) is 0 Å². The van der Waals surface area contributed by atoms with E-state index in [4.69, 9.17) is 23.2 Å². The third-order valence-corrected chi connectivity index (χ3v) is 5.64. The zero-order valence-electron chi connectivity index (χ0n) is 9.95. The van der Waals surface area contributed by atoms with Gasteiger partial charge in [0, 0.05) is 16.4 Å². The second-order valence-corrected chi connectivity index (χ2v) is 7.43. The lowest BCUT2D eigenvalue weighted by molar-refractivity contribution is 0.480. The van der Waals surface area contributed by atoms with Gasteiger partial charge < -0.3 is 0 Å². The highest BCUT2D eigenvalue weighted by atomic mass is 79.9. The number of alkyl halides is 1. The number of sulfonamides is 1. The van der Waals surface area contributed by atoms with E-state index in [2.05, 4.69) is 20.7 Å². The van der Waals surface area contributed by atoms with Crippen molar-refractivity contribution in [1.82, 2.24) is 4.72 Å². The van der Waals surface area contributed by atoms with E-state index in [0.29, 0.717) is 5.88 Å². The predicted molar refractivity (Wildman–Crippen MR) is 78.8 cm³/mol. The SMILES string of the molecule is CC(CCl)C(C)NS(=O)(=O)c1ccc(Br)cc1Cl. The number of rotatable bonds is 5. The Morgan fingerprint density at radius 3 is 2.50 bits per heavy atom. The van der Waals surface area contributed by atoms with Gasteiger partial charge >= 0.3 is 0 Å². The molecule has 0 bridgehead atoms. The molecule has 0 spiro atoms. The Balaban J connectivity index is 3.00. The molecule has 7 heteroatoms. The van der Waals surface area contributed by atoms with Crippen molar-refractivity contribution in [3.63, 3.8) is 0 Å². The van der Waals surface area contributed by atoms with Crippen LogP contribution >= 0.6 is 39.1 Å². The van der Waals surface area contributed by atoms with Crippen LogP contribution in [-0.2, 0) is 10.0 Å². The van der Waals surface area contributed by atoms with Crippen LogP contribution in [0, 0.1) is 5.92 Å². The fraction of sp³-hybridized carbons (Fsp3) is 0.455. The highest BCUT2D eigenvalue weighted by molar-refractivity contribution is 9.10. The van der Waals surface area contributed by atoms with Gasteiger partial charge in [0.15, 0.2) is 0 Å². The van der Waals surface area contributed by atoms with Gasteiger partial charge in [-0.2, -0.15) is 0 Å². The molecular weight excluding hydrogens is 361 g/mol. The molecule has 0 amide bonds. The first-order valence-electron chi connectivity index (χ1n) is 5.31. The van der Waals surface area contributed by atoms with Crippen LogP contribution in [0.15, 0.2) is 27.6 Å². The number of nitrogens with one attached hydrogen (secondary N) is 1. The monoisotopic (exact) mass is 373 g/mol. The molecule has 1 N–H and O–H groups in total. The lowest BCUT2D eigenvalue weighted by Crippen LogP contribution is -2.37. The minimum Gasteiger partial charge on any atom is -0.208 e. The number of hydrogen-bond donors (Lipinski definition) is 1. The second-order valence-electron chi connectivity index (χ2n) is 4.12. The summed E-state index contributed by atoms with van der Waals surface area (Å²) < 4.78 is 27.6. The average Bonchev–Trinajstić information content (AvgIpc) is 2.26. The zero-order chi connectivity index (χ0) is 13.9. The van der Waals surface area contributed by atoms with Crippen LogP contribution < -0.4 is 4.72 Å². The molecule has 0 saturated carbocycles. The van der Waals surface area contributed by atoms with E-state index < -0.39 is 10.0 Å². The molecule has 1 aromatic rings. The Hall–Kier alpha value is 0.190. The summed E-state index contributed by atoms with van der Waals surface area (Å²) in [7, 11) is -3.62. The molecule has 0 aliphatic rings. The summed E-state index contributed by atoms with van der Waals surface area (Å²) in [6, 6.07) is 4.39. The van der Waals surface area contributed by atoms with Crippen molar-refractivity contribution in [1.29, 1.82) is 0 Å². The summed E-state index contributed by atoms with van der Waals surface area (Å²) in [4.78, 5) is 0.0704. The third kappa shape index (κ3) is 4.10. The molecule has 0 radical (unpaired) electrons. The molecule has 0 aliphatic heterocycles. The first-order chi connectivity index (χ1) is 8.27. The molecule has 2 unspecified atom stereocenters. The largest absolute Gasteiger partial charge is 0.242 e. The minimum atomic E-state index is -3.62. The second kappa shape index (κ2) is 6.57. The maximum absolute atomic E-state index is 12.1. The number of hydrogen-bond acceptors (Lipinski definition) is 2. The van der Waals surface area contributed by atoms with Crippen LogP contribution in [0.3, 0.4) is 0 Å². The summed E-state index contributed by atoms with van der Waals surface area (Å²) >= 11 is 14.9. The van der Waals surface area contributed by atoms with E-state index in [-0.39, 0.29) is 21.9 Å². The summed E-state index contributed by atoms with van der Waals surface area (Å²) in [6.07, 6.45) is 0. The minimum absolute atomic E-state index is 0.0377. The van der Waals surface area contributed by atoms with Crippen LogP contribution in [0.25, 0.3) is 0 Å². The van der Waals surface area contributed by atoms with Crippen molar-refractivity contribution in [2.75, 3.05) is 5.88 Å². The van der Waals surface area contributed by atoms with Crippen LogP contribution in [0.2, 0.25) is 5.02 Å². The van der Waals surface area contributed by atoms with Gasteiger partial charge in [0.1, 0.15) is 4.90 Å². The zero-order valence-corrected chi connectivity index (χ0v) is 13.9. The Morgan fingerprint density at radius 1 is 1.39 bits per heavy atom.